The van der Waals surface area contributed by atoms with Crippen molar-refractivity contribution in [1.82, 2.24) is 10.6 Å². The van der Waals surface area contributed by atoms with E-state index in [2.05, 4.69) is 10.6 Å². The summed E-state index contributed by atoms with van der Waals surface area (Å²) in [6.07, 6.45) is 0.632. The number of carboxylic acids is 2. The van der Waals surface area contributed by atoms with Crippen molar-refractivity contribution in [1.29, 1.82) is 0 Å². The van der Waals surface area contributed by atoms with Gasteiger partial charge in [-0.2, -0.15) is 11.8 Å². The number of carboxylic acid groups (broad SMARTS) is 2. The molecule has 0 aromatic rings. The van der Waals surface area contributed by atoms with E-state index in [-0.39, 0.29) is 6.42 Å². The molecule has 12 heteroatoms. The zero-order valence-electron chi connectivity index (χ0n) is 13.6. The van der Waals surface area contributed by atoms with Crippen LogP contribution in [0.1, 0.15) is 19.3 Å². The number of hydrogen-bond donors (Lipinski definition) is 6. The third-order valence-electron chi connectivity index (χ3n) is 2.99. The molecule has 0 bridgehead atoms. The number of nitrogens with two attached hydrogens (primary N) is 2. The summed E-state index contributed by atoms with van der Waals surface area (Å²) >= 11 is 1.38. The van der Waals surface area contributed by atoms with Gasteiger partial charge in [0.25, 0.3) is 0 Å². The second kappa shape index (κ2) is 11.3. The number of nitrogens with one attached hydrogen (secondary N) is 2. The second-order valence-electron chi connectivity index (χ2n) is 5.12. The Morgan fingerprint density at radius 3 is 2.00 bits per heavy atom. The van der Waals surface area contributed by atoms with Crippen LogP contribution in [0, 0.1) is 0 Å². The Morgan fingerprint density at radius 2 is 1.56 bits per heavy atom. The quantitative estimate of drug-likeness (QED) is 0.212. The van der Waals surface area contributed by atoms with Crippen LogP contribution in [0.3, 0.4) is 0 Å². The average molecular weight is 378 g/mol. The van der Waals surface area contributed by atoms with E-state index in [1.165, 1.54) is 11.8 Å². The summed E-state index contributed by atoms with van der Waals surface area (Å²) < 4.78 is 0. The molecule has 0 aliphatic heterocycles. The highest BCUT2D eigenvalue weighted by Gasteiger charge is 2.29. The molecule has 0 radical (unpaired) electrons. The Hall–Kier alpha value is -2.34. The summed E-state index contributed by atoms with van der Waals surface area (Å²) in [5, 5.41) is 22.0. The van der Waals surface area contributed by atoms with Crippen LogP contribution in [0.5, 0.6) is 0 Å². The van der Waals surface area contributed by atoms with E-state index in [1.54, 1.807) is 6.26 Å². The number of aliphatic carboxylic acids is 2. The molecule has 142 valence electrons. The number of amides is 3. The average Bonchev–Trinajstić information content (AvgIpc) is 2.48. The van der Waals surface area contributed by atoms with Gasteiger partial charge in [0.15, 0.2) is 0 Å². The number of carbonyl (C=O) groups is 5. The maximum absolute atomic E-state index is 12.2. The molecular weight excluding hydrogens is 356 g/mol. The van der Waals surface area contributed by atoms with Crippen molar-refractivity contribution in [3.8, 4) is 0 Å². The first kappa shape index (κ1) is 22.7. The molecular formula is C13H22N4O7S. The number of hydrogen-bond acceptors (Lipinski definition) is 7. The van der Waals surface area contributed by atoms with Crippen LogP contribution in [0.4, 0.5) is 0 Å². The highest BCUT2D eigenvalue weighted by molar-refractivity contribution is 7.98. The lowest BCUT2D eigenvalue weighted by atomic mass is 10.1. The molecule has 3 atom stereocenters. The second-order valence-corrected chi connectivity index (χ2v) is 6.10. The molecule has 0 saturated heterocycles. The Balaban J connectivity index is 5.01. The molecule has 8 N–H and O–H groups in total. The Kier molecular flexibility index (Phi) is 10.2. The van der Waals surface area contributed by atoms with Crippen LogP contribution < -0.4 is 22.1 Å². The van der Waals surface area contributed by atoms with Gasteiger partial charge in [0.05, 0.1) is 18.9 Å². The summed E-state index contributed by atoms with van der Waals surface area (Å²) in [7, 11) is 0. The largest absolute Gasteiger partial charge is 0.481 e. The Morgan fingerprint density at radius 1 is 1.00 bits per heavy atom. The lowest BCUT2D eigenvalue weighted by molar-refractivity contribution is -0.143. The van der Waals surface area contributed by atoms with Gasteiger partial charge in [-0.05, 0) is 18.4 Å². The Bertz CT molecular complexity index is 529. The van der Waals surface area contributed by atoms with Crippen molar-refractivity contribution in [3.63, 3.8) is 0 Å². The van der Waals surface area contributed by atoms with Crippen LogP contribution >= 0.6 is 11.8 Å². The summed E-state index contributed by atoms with van der Waals surface area (Å²) in [6, 6.07) is -4.10. The molecule has 0 fully saturated rings. The molecule has 25 heavy (non-hydrogen) atoms. The van der Waals surface area contributed by atoms with Crippen LogP contribution in [0.25, 0.3) is 0 Å². The summed E-state index contributed by atoms with van der Waals surface area (Å²) in [4.78, 5) is 56.8. The van der Waals surface area contributed by atoms with E-state index < -0.39 is 60.6 Å². The van der Waals surface area contributed by atoms with E-state index in [0.717, 1.165) is 0 Å². The van der Waals surface area contributed by atoms with Crippen molar-refractivity contribution < 1.29 is 34.2 Å². The van der Waals surface area contributed by atoms with E-state index >= 15 is 0 Å². The van der Waals surface area contributed by atoms with Crippen molar-refractivity contribution >= 4 is 41.4 Å². The van der Waals surface area contributed by atoms with Gasteiger partial charge in [-0.25, -0.2) is 4.79 Å². The molecule has 0 aliphatic carbocycles. The van der Waals surface area contributed by atoms with Gasteiger partial charge in [0.2, 0.25) is 17.7 Å². The molecule has 11 nitrogen and oxygen atoms in total. The summed E-state index contributed by atoms with van der Waals surface area (Å²) in [5.74, 6) is -4.94. The van der Waals surface area contributed by atoms with Gasteiger partial charge in [-0.1, -0.05) is 0 Å². The lowest BCUT2D eigenvalue weighted by Crippen LogP contribution is -2.55. The van der Waals surface area contributed by atoms with Gasteiger partial charge in [-0.15, -0.1) is 0 Å². The minimum absolute atomic E-state index is 0.137. The van der Waals surface area contributed by atoms with Gasteiger partial charge in [0, 0.05) is 0 Å². The first-order chi connectivity index (χ1) is 11.6. The van der Waals surface area contributed by atoms with Gasteiger partial charge < -0.3 is 32.3 Å². The van der Waals surface area contributed by atoms with Gasteiger partial charge in [-0.3, -0.25) is 19.2 Å². The molecule has 3 amide bonds. The van der Waals surface area contributed by atoms with Gasteiger partial charge in [0.1, 0.15) is 12.1 Å². The van der Waals surface area contributed by atoms with Crippen molar-refractivity contribution in [2.24, 2.45) is 11.5 Å². The van der Waals surface area contributed by atoms with Crippen LogP contribution in [0.2, 0.25) is 0 Å². The molecule has 0 saturated carbocycles. The van der Waals surface area contributed by atoms with Crippen LogP contribution in [-0.4, -0.2) is 70.0 Å². The van der Waals surface area contributed by atoms with Crippen molar-refractivity contribution in [2.45, 2.75) is 37.4 Å². The van der Waals surface area contributed by atoms with Crippen molar-refractivity contribution in [2.75, 3.05) is 12.0 Å². The fraction of sp³-hybridized carbons (Fsp3) is 0.615. The zero-order chi connectivity index (χ0) is 19.6. The minimum atomic E-state index is -1.46. The molecule has 0 unspecified atom stereocenters. The monoisotopic (exact) mass is 378 g/mol. The minimum Gasteiger partial charge on any atom is -0.481 e. The predicted molar refractivity (Wildman–Crippen MR) is 88.5 cm³/mol. The molecule has 0 heterocycles. The number of carbonyl (C=O) groups excluding carboxylic acids is 3. The van der Waals surface area contributed by atoms with Gasteiger partial charge >= 0.3 is 11.9 Å². The van der Waals surface area contributed by atoms with E-state index in [9.17, 15) is 24.0 Å². The van der Waals surface area contributed by atoms with Crippen LogP contribution in [-0.2, 0) is 24.0 Å². The summed E-state index contributed by atoms with van der Waals surface area (Å²) in [5.41, 5.74) is 10.4. The zero-order valence-corrected chi connectivity index (χ0v) is 14.4. The first-order valence-electron chi connectivity index (χ1n) is 7.16. The molecule has 0 spiro atoms. The SMILES string of the molecule is CSCC[C@H](NC(=O)[C@H](CC(N)=O)NC(=O)[C@@H](N)CC(=O)O)C(=O)O. The van der Waals surface area contributed by atoms with Crippen LogP contribution in [0.15, 0.2) is 0 Å². The number of thioether (sulfide) groups is 1. The third kappa shape index (κ3) is 9.52. The fourth-order valence-corrected chi connectivity index (χ4v) is 2.21. The fourth-order valence-electron chi connectivity index (χ4n) is 1.74. The number of primary amides is 1. The molecule has 0 aromatic carbocycles. The molecule has 0 aliphatic rings. The highest BCUT2D eigenvalue weighted by atomic mass is 32.2. The third-order valence-corrected chi connectivity index (χ3v) is 3.64. The number of rotatable bonds is 12. The molecule has 0 rings (SSSR count). The molecule has 0 aromatic heterocycles. The lowest BCUT2D eigenvalue weighted by Gasteiger charge is -2.21. The maximum Gasteiger partial charge on any atom is 0.326 e. The maximum atomic E-state index is 12.2. The first-order valence-corrected chi connectivity index (χ1v) is 8.56. The Labute approximate surface area is 147 Å². The predicted octanol–water partition coefficient (Wildman–Crippen LogP) is -2.53. The van der Waals surface area contributed by atoms with E-state index in [4.69, 9.17) is 21.7 Å². The topological polar surface area (TPSA) is 202 Å². The van der Waals surface area contributed by atoms with E-state index in [1.807, 2.05) is 0 Å². The van der Waals surface area contributed by atoms with E-state index in [0.29, 0.717) is 5.75 Å². The van der Waals surface area contributed by atoms with Crippen molar-refractivity contribution in [3.05, 3.63) is 0 Å². The standard InChI is InChI=1S/C13H22N4O7S/c1-25-3-2-7(13(23)24)16-12(22)8(5-9(15)18)17-11(21)6(14)4-10(19)20/h6-8H,2-5,14H2,1H3,(H2,15,18)(H,16,22)(H,17,21)(H,19,20)(H,23,24)/t6-,7-,8-/m0/s1. The normalized spacial score (nSPS) is 14.0. The summed E-state index contributed by atoms with van der Waals surface area (Å²) in [6.45, 7) is 0. The highest BCUT2D eigenvalue weighted by Crippen LogP contribution is 2.03. The smallest absolute Gasteiger partial charge is 0.326 e.